The monoisotopic (exact) mass is 252 g/mol. The fraction of sp³-hybridized carbons (Fsp3) is 0.600. The van der Waals surface area contributed by atoms with Crippen LogP contribution in [0.2, 0.25) is 0 Å². The second kappa shape index (κ2) is 14.5. The highest BCUT2D eigenvalue weighted by molar-refractivity contribution is 5.36. The van der Waals surface area contributed by atoms with Crippen LogP contribution in [-0.2, 0) is 19.2 Å². The quantitative estimate of drug-likeness (QED) is 0.552. The molecule has 2 atom stereocenters. The van der Waals surface area contributed by atoms with Crippen LogP contribution in [0.5, 0.6) is 0 Å². The van der Waals surface area contributed by atoms with Crippen molar-refractivity contribution in [3.8, 4) is 0 Å². The van der Waals surface area contributed by atoms with Crippen molar-refractivity contribution in [2.45, 2.75) is 37.8 Å². The van der Waals surface area contributed by atoms with Gasteiger partial charge in [0, 0.05) is 0 Å². The largest absolute Gasteiger partial charge is 0.235 e. The summed E-state index contributed by atoms with van der Waals surface area (Å²) in [7, 11) is 0. The summed E-state index contributed by atoms with van der Waals surface area (Å²) in [5, 5.41) is 10.8. The van der Waals surface area contributed by atoms with Gasteiger partial charge >= 0.3 is 0 Å². The molecule has 0 aromatic heterocycles. The van der Waals surface area contributed by atoms with Gasteiger partial charge in [-0.05, 0) is 12.8 Å². The standard InChI is InChI=1S/C8H10N2O2.2CHNO/c11-5-9-7-3-1-2-4-8(7)10-6-12;2*2-1-3/h7-8H,1-4H2;2*2H. The second-order valence-corrected chi connectivity index (χ2v) is 3.06. The van der Waals surface area contributed by atoms with Crippen LogP contribution in [0.25, 0.3) is 0 Å². The molecule has 1 saturated carbocycles. The molecule has 2 N–H and O–H groups in total. The van der Waals surface area contributed by atoms with E-state index in [1.54, 1.807) is 0 Å². The van der Waals surface area contributed by atoms with Crippen molar-refractivity contribution in [2.75, 3.05) is 0 Å². The first-order valence-electron chi connectivity index (χ1n) is 4.93. The molecule has 1 rings (SSSR count). The SMILES string of the molecule is N=C=O.N=C=O.O=C=NC1CCCCC1N=C=O. The maximum absolute atomic E-state index is 9.99. The summed E-state index contributed by atoms with van der Waals surface area (Å²) >= 11 is 0. The molecule has 18 heavy (non-hydrogen) atoms. The number of carbonyl (C=O) groups excluding carboxylic acids is 4. The molecule has 0 saturated heterocycles. The summed E-state index contributed by atoms with van der Waals surface area (Å²) in [5.74, 6) is 0. The predicted molar refractivity (Wildman–Crippen MR) is 59.1 cm³/mol. The Morgan fingerprint density at radius 1 is 0.778 bits per heavy atom. The van der Waals surface area contributed by atoms with Gasteiger partial charge in [-0.2, -0.15) is 0 Å². The Bertz CT molecular complexity index is 347. The molecular formula is C10H12N4O4. The number of isocyanates is 4. The first-order valence-corrected chi connectivity index (χ1v) is 4.93. The van der Waals surface area contributed by atoms with E-state index in [1.165, 1.54) is 12.2 Å². The van der Waals surface area contributed by atoms with Crippen molar-refractivity contribution in [3.05, 3.63) is 0 Å². The molecule has 8 nitrogen and oxygen atoms in total. The van der Waals surface area contributed by atoms with Gasteiger partial charge in [0.25, 0.3) is 0 Å². The van der Waals surface area contributed by atoms with E-state index in [-0.39, 0.29) is 12.1 Å². The topological polar surface area (TPSA) is 141 Å². The van der Waals surface area contributed by atoms with Gasteiger partial charge in [0.1, 0.15) is 0 Å². The van der Waals surface area contributed by atoms with E-state index in [4.69, 9.17) is 20.4 Å². The minimum Gasteiger partial charge on any atom is -0.222 e. The van der Waals surface area contributed by atoms with Gasteiger partial charge in [0.2, 0.25) is 24.3 Å². The van der Waals surface area contributed by atoms with E-state index < -0.39 is 0 Å². The van der Waals surface area contributed by atoms with Gasteiger partial charge in [0.15, 0.2) is 0 Å². The van der Waals surface area contributed by atoms with Crippen molar-refractivity contribution in [1.29, 1.82) is 10.8 Å². The van der Waals surface area contributed by atoms with Gasteiger partial charge in [-0.15, -0.1) is 0 Å². The first-order chi connectivity index (χ1) is 8.71. The molecule has 0 heterocycles. The van der Waals surface area contributed by atoms with Gasteiger partial charge in [-0.25, -0.2) is 40.0 Å². The molecule has 1 fully saturated rings. The Labute approximate surface area is 103 Å². The fourth-order valence-corrected chi connectivity index (χ4v) is 1.53. The molecule has 0 aliphatic heterocycles. The summed E-state index contributed by atoms with van der Waals surface area (Å²) < 4.78 is 0. The van der Waals surface area contributed by atoms with Crippen molar-refractivity contribution < 1.29 is 19.2 Å². The van der Waals surface area contributed by atoms with Crippen LogP contribution >= 0.6 is 0 Å². The lowest BCUT2D eigenvalue weighted by Gasteiger charge is -2.22. The smallest absolute Gasteiger partial charge is 0.222 e. The maximum atomic E-state index is 9.99. The van der Waals surface area contributed by atoms with E-state index >= 15 is 0 Å². The number of hydrogen-bond donors (Lipinski definition) is 2. The lowest BCUT2D eigenvalue weighted by Crippen LogP contribution is -2.26. The third-order valence-electron chi connectivity index (χ3n) is 2.13. The Kier molecular flexibility index (Phi) is 14.4. The van der Waals surface area contributed by atoms with Crippen LogP contribution < -0.4 is 0 Å². The lowest BCUT2D eigenvalue weighted by molar-refractivity contribution is 0.384. The van der Waals surface area contributed by atoms with Gasteiger partial charge in [-0.3, -0.25) is 0 Å². The van der Waals surface area contributed by atoms with Crippen LogP contribution in [0.4, 0.5) is 0 Å². The number of nitrogens with zero attached hydrogens (tertiary/aromatic N) is 2. The molecule has 0 spiro atoms. The number of rotatable bonds is 2. The van der Waals surface area contributed by atoms with E-state index in [2.05, 4.69) is 9.98 Å². The summed E-state index contributed by atoms with van der Waals surface area (Å²) in [6, 6.07) is -0.282. The zero-order valence-electron chi connectivity index (χ0n) is 9.51. The molecule has 0 aromatic carbocycles. The third-order valence-corrected chi connectivity index (χ3v) is 2.13. The van der Waals surface area contributed by atoms with E-state index in [1.807, 2.05) is 0 Å². The van der Waals surface area contributed by atoms with Crippen LogP contribution in [0.3, 0.4) is 0 Å². The molecular weight excluding hydrogens is 240 g/mol. The van der Waals surface area contributed by atoms with Crippen molar-refractivity contribution >= 4 is 24.3 Å². The molecule has 0 aromatic rings. The molecule has 8 heteroatoms. The summed E-state index contributed by atoms with van der Waals surface area (Å²) in [6.07, 6.45) is 8.26. The molecule has 1 aliphatic rings. The molecule has 96 valence electrons. The molecule has 0 radical (unpaired) electrons. The van der Waals surface area contributed by atoms with Crippen molar-refractivity contribution in [3.63, 3.8) is 0 Å². The normalized spacial score (nSPS) is 19.8. The Morgan fingerprint density at radius 2 is 1.06 bits per heavy atom. The third kappa shape index (κ3) is 10.1. The minimum absolute atomic E-state index is 0.141. The zero-order chi connectivity index (χ0) is 14.2. The van der Waals surface area contributed by atoms with Crippen molar-refractivity contribution in [1.82, 2.24) is 0 Å². The van der Waals surface area contributed by atoms with Gasteiger partial charge in [-0.1, -0.05) is 12.8 Å². The number of nitrogens with one attached hydrogen (secondary N) is 2. The van der Waals surface area contributed by atoms with Crippen LogP contribution in [0.1, 0.15) is 25.7 Å². The highest BCUT2D eigenvalue weighted by Gasteiger charge is 2.23. The Hall–Kier alpha value is -2.48. The highest BCUT2D eigenvalue weighted by atomic mass is 16.1. The molecule has 0 amide bonds. The summed E-state index contributed by atoms with van der Waals surface area (Å²) in [4.78, 5) is 43.9. The van der Waals surface area contributed by atoms with E-state index in [0.717, 1.165) is 37.8 Å². The average Bonchev–Trinajstić information content (AvgIpc) is 2.34. The Balaban J connectivity index is 0. The van der Waals surface area contributed by atoms with E-state index in [9.17, 15) is 9.59 Å². The lowest BCUT2D eigenvalue weighted by atomic mass is 9.91. The average molecular weight is 252 g/mol. The molecule has 0 bridgehead atoms. The fourth-order valence-electron chi connectivity index (χ4n) is 1.53. The maximum Gasteiger partial charge on any atom is 0.235 e. The highest BCUT2D eigenvalue weighted by Crippen LogP contribution is 2.22. The number of aliphatic imine (C=N–C) groups is 2. The van der Waals surface area contributed by atoms with Crippen LogP contribution in [0, 0.1) is 10.8 Å². The predicted octanol–water partition coefficient (Wildman–Crippen LogP) is 0.771. The zero-order valence-corrected chi connectivity index (χ0v) is 9.51. The van der Waals surface area contributed by atoms with Crippen LogP contribution in [-0.4, -0.2) is 36.4 Å². The van der Waals surface area contributed by atoms with Gasteiger partial charge < -0.3 is 0 Å². The first kappa shape index (κ1) is 17.9. The second-order valence-electron chi connectivity index (χ2n) is 3.06. The minimum atomic E-state index is -0.141. The summed E-state index contributed by atoms with van der Waals surface area (Å²) in [6.45, 7) is 0. The van der Waals surface area contributed by atoms with Crippen LogP contribution in [0.15, 0.2) is 9.98 Å². The van der Waals surface area contributed by atoms with E-state index in [0.29, 0.717) is 0 Å². The van der Waals surface area contributed by atoms with Crippen molar-refractivity contribution in [2.24, 2.45) is 9.98 Å². The molecule has 1 aliphatic carbocycles. The Morgan fingerprint density at radius 3 is 1.28 bits per heavy atom. The number of hydrogen-bond acceptors (Lipinski definition) is 8. The van der Waals surface area contributed by atoms with Gasteiger partial charge in [0.05, 0.1) is 12.1 Å². The molecule has 2 unspecified atom stereocenters. The summed E-state index contributed by atoms with van der Waals surface area (Å²) in [5.41, 5.74) is 0.